The van der Waals surface area contributed by atoms with Gasteiger partial charge in [0, 0.05) is 6.61 Å². The summed E-state index contributed by atoms with van der Waals surface area (Å²) in [6.07, 6.45) is 12.9. The smallest absolute Gasteiger partial charge is 0.0540 e. The van der Waals surface area contributed by atoms with Crippen molar-refractivity contribution < 1.29 is 10.2 Å². The van der Waals surface area contributed by atoms with Crippen LogP contribution in [0, 0.1) is 5.92 Å². The summed E-state index contributed by atoms with van der Waals surface area (Å²) in [5.74, 6) is 0.691. The lowest BCUT2D eigenvalue weighted by Crippen LogP contribution is -2.10. The predicted octanol–water partition coefficient (Wildman–Crippen LogP) is 3.26. The molecular formula is C14H28O2. The minimum atomic E-state index is -0.0748. The van der Waals surface area contributed by atoms with Gasteiger partial charge in [-0.2, -0.15) is 0 Å². The van der Waals surface area contributed by atoms with Gasteiger partial charge in [0.25, 0.3) is 0 Å². The molecule has 2 nitrogen and oxygen atoms in total. The molecule has 0 amide bonds. The van der Waals surface area contributed by atoms with Crippen molar-refractivity contribution >= 4 is 0 Å². The zero-order valence-corrected chi connectivity index (χ0v) is 10.5. The van der Waals surface area contributed by atoms with E-state index in [0.717, 1.165) is 25.7 Å². The van der Waals surface area contributed by atoms with Crippen LogP contribution in [0.3, 0.4) is 0 Å². The Labute approximate surface area is 100 Å². The lowest BCUT2D eigenvalue weighted by Gasteiger charge is -2.18. The molecule has 2 heteroatoms. The van der Waals surface area contributed by atoms with Crippen LogP contribution in [0.15, 0.2) is 0 Å². The van der Waals surface area contributed by atoms with Crippen LogP contribution in [-0.4, -0.2) is 22.9 Å². The van der Waals surface area contributed by atoms with E-state index < -0.39 is 0 Å². The van der Waals surface area contributed by atoms with Crippen molar-refractivity contribution in [3.8, 4) is 0 Å². The van der Waals surface area contributed by atoms with Gasteiger partial charge in [0.1, 0.15) is 0 Å². The van der Waals surface area contributed by atoms with Crippen molar-refractivity contribution in [2.45, 2.75) is 76.7 Å². The lowest BCUT2D eigenvalue weighted by atomic mass is 9.90. The molecular weight excluding hydrogens is 200 g/mol. The largest absolute Gasteiger partial charge is 0.396 e. The first kappa shape index (κ1) is 14.0. The van der Waals surface area contributed by atoms with E-state index in [1.807, 2.05) is 0 Å². The molecule has 1 rings (SSSR count). The summed E-state index contributed by atoms with van der Waals surface area (Å²) in [6, 6.07) is 0. The van der Waals surface area contributed by atoms with Crippen molar-refractivity contribution in [3.63, 3.8) is 0 Å². The lowest BCUT2D eigenvalue weighted by molar-refractivity contribution is 0.142. The second-order valence-corrected chi connectivity index (χ2v) is 5.31. The molecule has 0 aliphatic heterocycles. The number of aliphatic hydroxyl groups excluding tert-OH is 2. The average Bonchev–Trinajstić information content (AvgIpc) is 2.25. The Morgan fingerprint density at radius 1 is 0.750 bits per heavy atom. The summed E-state index contributed by atoms with van der Waals surface area (Å²) in [4.78, 5) is 0. The normalized spacial score (nSPS) is 30.4. The highest BCUT2D eigenvalue weighted by Crippen LogP contribution is 2.23. The van der Waals surface area contributed by atoms with Crippen LogP contribution in [0.25, 0.3) is 0 Å². The van der Waals surface area contributed by atoms with Crippen LogP contribution in [0.4, 0.5) is 0 Å². The van der Waals surface area contributed by atoms with E-state index in [-0.39, 0.29) is 6.10 Å². The molecule has 0 heterocycles. The van der Waals surface area contributed by atoms with E-state index in [9.17, 15) is 5.11 Å². The molecule has 0 aromatic carbocycles. The van der Waals surface area contributed by atoms with Crippen molar-refractivity contribution in [1.29, 1.82) is 0 Å². The third-order valence-electron chi connectivity index (χ3n) is 3.84. The molecule has 2 unspecified atom stereocenters. The Morgan fingerprint density at radius 3 is 2.06 bits per heavy atom. The summed E-state index contributed by atoms with van der Waals surface area (Å²) < 4.78 is 0. The number of hydrogen-bond donors (Lipinski definition) is 2. The zero-order chi connectivity index (χ0) is 11.6. The predicted molar refractivity (Wildman–Crippen MR) is 67.4 cm³/mol. The fourth-order valence-corrected chi connectivity index (χ4v) is 2.75. The molecule has 0 saturated heterocycles. The minimum absolute atomic E-state index is 0.0748. The van der Waals surface area contributed by atoms with E-state index in [4.69, 9.17) is 5.11 Å². The average molecular weight is 228 g/mol. The number of rotatable bonds is 2. The zero-order valence-electron chi connectivity index (χ0n) is 10.5. The minimum Gasteiger partial charge on any atom is -0.396 e. The molecule has 16 heavy (non-hydrogen) atoms. The first-order valence-electron chi connectivity index (χ1n) is 7.12. The maximum atomic E-state index is 9.76. The molecule has 0 bridgehead atoms. The molecule has 1 aliphatic carbocycles. The molecule has 0 radical (unpaired) electrons. The first-order chi connectivity index (χ1) is 7.83. The van der Waals surface area contributed by atoms with Gasteiger partial charge in [-0.1, -0.05) is 51.4 Å². The summed E-state index contributed by atoms with van der Waals surface area (Å²) in [6.45, 7) is 0.327. The maximum Gasteiger partial charge on any atom is 0.0540 e. The molecule has 1 aliphatic rings. The Balaban J connectivity index is 2.28. The standard InChI is InChI=1S/C14H28O2/c15-12-11-13-7-4-2-1-3-5-9-14(16)10-6-8-13/h13-16H,1-12H2. The fourth-order valence-electron chi connectivity index (χ4n) is 2.75. The van der Waals surface area contributed by atoms with Crippen molar-refractivity contribution in [2.75, 3.05) is 6.61 Å². The van der Waals surface area contributed by atoms with Gasteiger partial charge in [0.2, 0.25) is 0 Å². The van der Waals surface area contributed by atoms with Crippen LogP contribution in [0.5, 0.6) is 0 Å². The number of aliphatic hydroxyl groups is 2. The first-order valence-corrected chi connectivity index (χ1v) is 7.12. The molecule has 2 N–H and O–H groups in total. The summed E-state index contributed by atoms with van der Waals surface area (Å²) >= 11 is 0. The van der Waals surface area contributed by atoms with Gasteiger partial charge in [0.05, 0.1) is 6.10 Å². The van der Waals surface area contributed by atoms with E-state index in [1.165, 1.54) is 44.9 Å². The van der Waals surface area contributed by atoms with Crippen LogP contribution >= 0.6 is 0 Å². The van der Waals surface area contributed by atoms with Crippen LogP contribution in [0.1, 0.15) is 70.6 Å². The molecule has 1 fully saturated rings. The van der Waals surface area contributed by atoms with Gasteiger partial charge in [-0.25, -0.2) is 0 Å². The third-order valence-corrected chi connectivity index (χ3v) is 3.84. The van der Waals surface area contributed by atoms with Gasteiger partial charge in [-0.3, -0.25) is 0 Å². The van der Waals surface area contributed by atoms with E-state index >= 15 is 0 Å². The highest BCUT2D eigenvalue weighted by atomic mass is 16.3. The Kier molecular flexibility index (Phi) is 7.87. The number of hydrogen-bond acceptors (Lipinski definition) is 2. The van der Waals surface area contributed by atoms with Crippen molar-refractivity contribution in [3.05, 3.63) is 0 Å². The van der Waals surface area contributed by atoms with Crippen LogP contribution in [-0.2, 0) is 0 Å². The molecule has 2 atom stereocenters. The fraction of sp³-hybridized carbons (Fsp3) is 1.00. The van der Waals surface area contributed by atoms with E-state index in [0.29, 0.717) is 12.5 Å². The molecule has 96 valence electrons. The molecule has 0 aromatic rings. The maximum absolute atomic E-state index is 9.76. The van der Waals surface area contributed by atoms with Gasteiger partial charge in [0.15, 0.2) is 0 Å². The highest BCUT2D eigenvalue weighted by Gasteiger charge is 2.11. The van der Waals surface area contributed by atoms with E-state index in [1.54, 1.807) is 0 Å². The second kappa shape index (κ2) is 9.00. The Hall–Kier alpha value is -0.0800. The Morgan fingerprint density at radius 2 is 1.31 bits per heavy atom. The summed E-state index contributed by atoms with van der Waals surface area (Å²) in [7, 11) is 0. The van der Waals surface area contributed by atoms with Crippen molar-refractivity contribution in [1.82, 2.24) is 0 Å². The van der Waals surface area contributed by atoms with Gasteiger partial charge >= 0.3 is 0 Å². The van der Waals surface area contributed by atoms with Crippen LogP contribution < -0.4 is 0 Å². The van der Waals surface area contributed by atoms with Crippen LogP contribution in [0.2, 0.25) is 0 Å². The third kappa shape index (κ3) is 6.49. The molecule has 0 spiro atoms. The summed E-state index contributed by atoms with van der Waals surface area (Å²) in [5.41, 5.74) is 0. The van der Waals surface area contributed by atoms with E-state index in [2.05, 4.69) is 0 Å². The topological polar surface area (TPSA) is 40.5 Å². The molecule has 0 aromatic heterocycles. The summed E-state index contributed by atoms with van der Waals surface area (Å²) in [5, 5.41) is 18.8. The quantitative estimate of drug-likeness (QED) is 0.761. The van der Waals surface area contributed by atoms with Crippen molar-refractivity contribution in [2.24, 2.45) is 5.92 Å². The Bertz CT molecular complexity index is 159. The molecule has 1 saturated carbocycles. The second-order valence-electron chi connectivity index (χ2n) is 5.31. The SMILES string of the molecule is OCCC1CCCCCCCC(O)CCC1. The van der Waals surface area contributed by atoms with Gasteiger partial charge < -0.3 is 10.2 Å². The monoisotopic (exact) mass is 228 g/mol. The van der Waals surface area contributed by atoms with Gasteiger partial charge in [-0.15, -0.1) is 0 Å². The van der Waals surface area contributed by atoms with Gasteiger partial charge in [-0.05, 0) is 25.2 Å². The highest BCUT2D eigenvalue weighted by molar-refractivity contribution is 4.64.